The van der Waals surface area contributed by atoms with Crippen molar-refractivity contribution in [1.29, 1.82) is 0 Å². The van der Waals surface area contributed by atoms with Crippen molar-refractivity contribution in [2.24, 2.45) is 5.92 Å². The van der Waals surface area contributed by atoms with Gasteiger partial charge in [-0.3, -0.25) is 33.6 Å². The molecule has 0 radical (unpaired) electrons. The number of amides is 7. The molecule has 0 spiro atoms. The molecule has 1 aliphatic rings. The highest BCUT2D eigenvalue weighted by Gasteiger charge is 2.52. The molecule has 1 fully saturated rings. The van der Waals surface area contributed by atoms with Crippen LogP contribution in [0.1, 0.15) is 111 Å². The molecule has 0 bridgehead atoms. The van der Waals surface area contributed by atoms with Gasteiger partial charge in [0.1, 0.15) is 53.8 Å². The Morgan fingerprint density at radius 1 is 0.786 bits per heavy atom. The SMILES string of the molecule is C/C=C1\NC(=O)[C@@H](NC(=O)[C@H](CCSC)NC(=O)CCCCC)[C@@H](C)OC(=O)[C@H](C(C)C)NC(=O)[C@H](Cc2ccc(O[Si](c3ccccc3)(c3ccccc3)C(C)(C)C)cc2)N(C)C(=O)[C@H](Cc2ccccc2)NC(=O)[C@H](CCCO)NC1=O. The molecule has 5 rings (SSSR count). The minimum absolute atomic E-state index is 0.0399. The number of thioether (sulfide) groups is 1. The number of carbonyl (C=O) groups is 8. The number of carbonyl (C=O) groups excluding carboxylic acids is 8. The normalized spacial score (nSPS) is 20.7. The highest BCUT2D eigenvalue weighted by atomic mass is 32.2. The molecule has 20 heteroatoms. The van der Waals surface area contributed by atoms with Crippen LogP contribution in [0.25, 0.3) is 0 Å². The van der Waals surface area contributed by atoms with Gasteiger partial charge in [0.25, 0.3) is 11.8 Å². The van der Waals surface area contributed by atoms with Crippen LogP contribution in [0.4, 0.5) is 0 Å². The van der Waals surface area contributed by atoms with E-state index >= 15 is 9.59 Å². The van der Waals surface area contributed by atoms with Crippen LogP contribution in [0.3, 0.4) is 0 Å². The second kappa shape index (κ2) is 32.7. The van der Waals surface area contributed by atoms with Crippen molar-refractivity contribution < 1.29 is 52.6 Å². The molecule has 0 aliphatic carbocycles. The number of unbranched alkanes of at least 4 members (excludes halogenated alkanes) is 2. The van der Waals surface area contributed by atoms with Crippen LogP contribution in [0, 0.1) is 5.92 Å². The summed E-state index contributed by atoms with van der Waals surface area (Å²) in [5.74, 6) is -5.78. The summed E-state index contributed by atoms with van der Waals surface area (Å²) in [6.45, 7) is 14.4. The first-order valence-electron chi connectivity index (χ1n) is 29.1. The average Bonchev–Trinajstić information content (AvgIpc) is 3.68. The smallest absolute Gasteiger partial charge is 0.329 e. The molecule has 1 aliphatic heterocycles. The van der Waals surface area contributed by atoms with E-state index < -0.39 is 98.0 Å². The molecule has 18 nitrogen and oxygen atoms in total. The van der Waals surface area contributed by atoms with Gasteiger partial charge in [-0.15, -0.1) is 0 Å². The summed E-state index contributed by atoms with van der Waals surface area (Å²) in [6, 6.07) is 28.4. The molecule has 0 aromatic heterocycles. The van der Waals surface area contributed by atoms with E-state index in [4.69, 9.17) is 9.16 Å². The third kappa shape index (κ3) is 18.6. The fourth-order valence-corrected chi connectivity index (χ4v) is 15.1. The predicted octanol–water partition coefficient (Wildman–Crippen LogP) is 5.39. The van der Waals surface area contributed by atoms with Crippen LogP contribution < -0.4 is 46.7 Å². The van der Waals surface area contributed by atoms with Gasteiger partial charge in [0.15, 0.2) is 0 Å². The number of nitrogens with zero attached hydrogens (tertiary/aromatic N) is 1. The molecule has 454 valence electrons. The predicted molar refractivity (Wildman–Crippen MR) is 331 cm³/mol. The second-order valence-electron chi connectivity index (χ2n) is 22.6. The number of hydrogen-bond acceptors (Lipinski definition) is 12. The molecule has 1 saturated heterocycles. The summed E-state index contributed by atoms with van der Waals surface area (Å²) in [5.41, 5.74) is 0.946. The lowest BCUT2D eigenvalue weighted by Gasteiger charge is -2.43. The lowest BCUT2D eigenvalue weighted by molar-refractivity contribution is -0.157. The van der Waals surface area contributed by atoms with E-state index in [9.17, 15) is 33.9 Å². The molecule has 4 aromatic rings. The number of aliphatic hydroxyl groups is 1. The summed E-state index contributed by atoms with van der Waals surface area (Å²) in [6.07, 6.45) is 4.17. The quantitative estimate of drug-likeness (QED) is 0.0227. The molecule has 84 heavy (non-hydrogen) atoms. The van der Waals surface area contributed by atoms with Crippen molar-refractivity contribution in [2.75, 3.05) is 25.7 Å². The van der Waals surface area contributed by atoms with Crippen molar-refractivity contribution >= 4 is 77.8 Å². The van der Waals surface area contributed by atoms with Crippen LogP contribution in [0.5, 0.6) is 5.75 Å². The van der Waals surface area contributed by atoms with Gasteiger partial charge in [0.05, 0.1) is 0 Å². The van der Waals surface area contributed by atoms with Gasteiger partial charge in [-0.2, -0.15) is 11.8 Å². The third-order valence-electron chi connectivity index (χ3n) is 15.0. The summed E-state index contributed by atoms with van der Waals surface area (Å²) < 4.78 is 13.3. The zero-order valence-corrected chi connectivity index (χ0v) is 52.1. The highest BCUT2D eigenvalue weighted by Crippen LogP contribution is 2.38. The number of allylic oxidation sites excluding steroid dienone is 1. The standard InChI is InChI=1S/C64H87N7O11SSi/c1-11-13-17-32-54(73)65-51(37-39-83-10)59(76)70-56-43(5)81-63(80)55(42(3)4)69-60(77)53(41-45-33-35-46(36-34-45)82-84(64(6,7)8,47-27-20-15-21-28-47)48-29-22-16-23-30-48)71(9)62(79)52(40-44-25-18-14-19-26-44)68-58(75)50(31-24-38-72)67-57(74)49(12-2)66-61(56)78/h12,14-16,18-23,25-30,33-36,42-43,50-53,55-56,72H,11,13,17,24,31-32,37-41H2,1-10H3,(H,65,73)(H,66,78)(H,67,74)(H,68,75)(H,69,77)(H,70,76)/b49-12-/t43-,50+,51+,52+,53+,55+,56+/m1/s1. The van der Waals surface area contributed by atoms with E-state index in [1.807, 2.05) is 73.8 Å². The maximum Gasteiger partial charge on any atom is 0.329 e. The Balaban J connectivity index is 1.61. The number of aliphatic hydroxyl groups excluding tert-OH is 1. The number of ether oxygens (including phenoxy) is 1. The molecular formula is C64H87N7O11SSi. The molecule has 7 N–H and O–H groups in total. The zero-order valence-electron chi connectivity index (χ0n) is 50.3. The number of likely N-dealkylation sites (N-methyl/N-ethyl adjacent to an activating group) is 1. The van der Waals surface area contributed by atoms with Crippen molar-refractivity contribution in [2.45, 2.75) is 161 Å². The third-order valence-corrected chi connectivity index (χ3v) is 20.5. The molecule has 7 amide bonds. The number of rotatable bonds is 22. The largest absolute Gasteiger partial charge is 0.534 e. The van der Waals surface area contributed by atoms with E-state index in [0.717, 1.165) is 23.2 Å². The van der Waals surface area contributed by atoms with Crippen LogP contribution >= 0.6 is 11.8 Å². The number of nitrogens with one attached hydrogen (secondary N) is 6. The molecule has 7 atom stereocenters. The number of cyclic esters (lactones) is 1. The maximum atomic E-state index is 15.2. The highest BCUT2D eigenvalue weighted by molar-refractivity contribution is 7.98. The molecule has 0 saturated carbocycles. The zero-order chi connectivity index (χ0) is 61.6. The Bertz CT molecular complexity index is 2820. The minimum atomic E-state index is -3.06. The maximum absolute atomic E-state index is 15.2. The Kier molecular flexibility index (Phi) is 26.3. The van der Waals surface area contributed by atoms with Crippen molar-refractivity contribution in [3.05, 3.63) is 138 Å². The lowest BCUT2D eigenvalue weighted by Crippen LogP contribution is -2.68. The van der Waals surface area contributed by atoms with E-state index in [2.05, 4.69) is 76.9 Å². The van der Waals surface area contributed by atoms with Gasteiger partial charge in [0, 0.05) is 32.9 Å². The second-order valence-corrected chi connectivity index (χ2v) is 27.8. The van der Waals surface area contributed by atoms with Crippen molar-refractivity contribution in [3.8, 4) is 5.75 Å². The Labute approximate surface area is 501 Å². The summed E-state index contributed by atoms with van der Waals surface area (Å²) in [4.78, 5) is 117. The monoisotopic (exact) mass is 1190 g/mol. The fourth-order valence-electron chi connectivity index (χ4n) is 10.2. The number of hydrogen-bond donors (Lipinski definition) is 7. The van der Waals surface area contributed by atoms with Crippen LogP contribution in [0.2, 0.25) is 5.04 Å². The van der Waals surface area contributed by atoms with Gasteiger partial charge >= 0.3 is 14.3 Å². The summed E-state index contributed by atoms with van der Waals surface area (Å²) >= 11 is 1.45. The van der Waals surface area contributed by atoms with E-state index in [1.165, 1.54) is 43.6 Å². The lowest BCUT2D eigenvalue weighted by atomic mass is 9.99. The van der Waals surface area contributed by atoms with Gasteiger partial charge in [0.2, 0.25) is 29.5 Å². The fraction of sp³-hybridized carbons (Fsp3) is 0.469. The molecule has 0 unspecified atom stereocenters. The van der Waals surface area contributed by atoms with Crippen LogP contribution in [-0.4, -0.2) is 134 Å². The number of benzene rings is 4. The van der Waals surface area contributed by atoms with Crippen molar-refractivity contribution in [3.63, 3.8) is 0 Å². The van der Waals surface area contributed by atoms with Gasteiger partial charge in [-0.05, 0) is 96.1 Å². The summed E-state index contributed by atoms with van der Waals surface area (Å²) in [7, 11) is -1.62. The first-order valence-corrected chi connectivity index (χ1v) is 32.4. The first kappa shape index (κ1) is 67.5. The first-order chi connectivity index (χ1) is 40.1. The minimum Gasteiger partial charge on any atom is -0.534 e. The Morgan fingerprint density at radius 2 is 1.38 bits per heavy atom. The Morgan fingerprint density at radius 3 is 1.93 bits per heavy atom. The van der Waals surface area contributed by atoms with E-state index in [1.54, 1.807) is 44.2 Å². The van der Waals surface area contributed by atoms with Gasteiger partial charge < -0.3 is 51.1 Å². The summed E-state index contributed by atoms with van der Waals surface area (Å²) in [5, 5.41) is 28.1. The van der Waals surface area contributed by atoms with E-state index in [-0.39, 0.29) is 61.8 Å². The number of esters is 1. The Hall–Kier alpha value is -7.29. The van der Waals surface area contributed by atoms with Crippen LogP contribution in [0.15, 0.2) is 127 Å². The van der Waals surface area contributed by atoms with Crippen molar-refractivity contribution in [1.82, 2.24) is 36.8 Å². The van der Waals surface area contributed by atoms with Gasteiger partial charge in [-0.1, -0.05) is 164 Å². The molecular weight excluding hydrogens is 1100 g/mol. The van der Waals surface area contributed by atoms with E-state index in [0.29, 0.717) is 29.1 Å². The molecule has 1 heterocycles. The molecule has 4 aromatic carbocycles. The van der Waals surface area contributed by atoms with Crippen LogP contribution in [-0.2, 0) is 55.9 Å². The topological polar surface area (TPSA) is 251 Å². The average molecular weight is 1190 g/mol. The van der Waals surface area contributed by atoms with Gasteiger partial charge in [-0.25, -0.2) is 4.79 Å².